The number of aryl methyl sites for hydroxylation is 1. The van der Waals surface area contributed by atoms with Crippen LogP contribution in [0, 0.1) is 0 Å². The average molecular weight is 392 g/mol. The van der Waals surface area contributed by atoms with E-state index in [1.165, 1.54) is 0 Å². The Morgan fingerprint density at radius 1 is 1.14 bits per heavy atom. The quantitative estimate of drug-likeness (QED) is 0.641. The van der Waals surface area contributed by atoms with Gasteiger partial charge in [-0.05, 0) is 48.6 Å². The van der Waals surface area contributed by atoms with E-state index in [0.29, 0.717) is 5.39 Å². The maximum absolute atomic E-state index is 14.3. The minimum atomic E-state index is -4.53. The third-order valence-electron chi connectivity index (χ3n) is 5.43. The summed E-state index contributed by atoms with van der Waals surface area (Å²) in [6.45, 7) is 5.43. The van der Waals surface area contributed by atoms with Crippen LogP contribution in [0.4, 0.5) is 13.2 Å². The predicted molar refractivity (Wildman–Crippen MR) is 105 cm³/mol. The van der Waals surface area contributed by atoms with Gasteiger partial charge in [0.1, 0.15) is 0 Å². The summed E-state index contributed by atoms with van der Waals surface area (Å²) in [5.74, 6) is -0.386. The smallest absolute Gasteiger partial charge is 0.287 e. The van der Waals surface area contributed by atoms with Crippen LogP contribution in [-0.4, -0.2) is 22.6 Å². The Labute approximate surface area is 163 Å². The number of nitrogens with zero attached hydrogens (tertiary/aromatic N) is 1. The second-order valence-corrected chi connectivity index (χ2v) is 8.16. The summed E-state index contributed by atoms with van der Waals surface area (Å²) in [7, 11) is 0. The zero-order chi connectivity index (χ0) is 20.5. The molecule has 3 rings (SSSR count). The highest BCUT2D eigenvalue weighted by atomic mass is 19.4. The highest BCUT2D eigenvalue weighted by Crippen LogP contribution is 2.45. The van der Waals surface area contributed by atoms with Gasteiger partial charge in [-0.15, -0.1) is 0 Å². The van der Waals surface area contributed by atoms with Gasteiger partial charge in [-0.1, -0.05) is 56.2 Å². The molecule has 1 unspecified atom stereocenters. The number of hydrazine groups is 1. The van der Waals surface area contributed by atoms with E-state index in [1.807, 2.05) is 24.3 Å². The molecule has 1 aliphatic rings. The van der Waals surface area contributed by atoms with Gasteiger partial charge in [0.15, 0.2) is 6.04 Å². The lowest BCUT2D eigenvalue weighted by Crippen LogP contribution is -2.51. The van der Waals surface area contributed by atoms with Crippen molar-refractivity contribution < 1.29 is 18.0 Å². The summed E-state index contributed by atoms with van der Waals surface area (Å²) in [6, 6.07) is 8.83. The third kappa shape index (κ3) is 4.02. The first-order valence-corrected chi connectivity index (χ1v) is 9.81. The molecular weight excluding hydrogens is 365 g/mol. The third-order valence-corrected chi connectivity index (χ3v) is 5.43. The van der Waals surface area contributed by atoms with Gasteiger partial charge >= 0.3 is 6.18 Å². The number of amides is 1. The van der Waals surface area contributed by atoms with Crippen LogP contribution >= 0.6 is 0 Å². The summed E-state index contributed by atoms with van der Waals surface area (Å²) in [5, 5.41) is 2.54. The average Bonchev–Trinajstić information content (AvgIpc) is 2.86. The van der Waals surface area contributed by atoms with E-state index < -0.39 is 17.8 Å². The van der Waals surface area contributed by atoms with Crippen LogP contribution in [0.25, 0.3) is 10.8 Å². The zero-order valence-electron chi connectivity index (χ0n) is 16.6. The number of hydrogen-bond acceptors (Lipinski definition) is 2. The normalized spacial score (nSPS) is 18.4. The molecule has 6 heteroatoms. The Balaban J connectivity index is 2.17. The SMILES string of the molecule is CCCCCc1cccc2cccc(C(N3NC(=O)CC3(C)C)C(F)(F)F)c12. The molecule has 28 heavy (non-hydrogen) atoms. The van der Waals surface area contributed by atoms with Crippen molar-refractivity contribution in [2.45, 2.75) is 70.6 Å². The van der Waals surface area contributed by atoms with Crippen LogP contribution in [-0.2, 0) is 11.2 Å². The topological polar surface area (TPSA) is 32.3 Å². The fourth-order valence-electron chi connectivity index (χ4n) is 4.13. The van der Waals surface area contributed by atoms with Gasteiger partial charge in [0.25, 0.3) is 0 Å². The van der Waals surface area contributed by atoms with Crippen molar-refractivity contribution in [3.8, 4) is 0 Å². The first kappa shape index (κ1) is 20.6. The van der Waals surface area contributed by atoms with E-state index in [1.54, 1.807) is 26.0 Å². The summed E-state index contributed by atoms with van der Waals surface area (Å²) < 4.78 is 42.9. The number of halogens is 3. The number of alkyl halides is 3. The molecule has 1 saturated heterocycles. The minimum absolute atomic E-state index is 0.0354. The molecule has 2 aromatic rings. The molecule has 1 heterocycles. The summed E-state index contributed by atoms with van der Waals surface area (Å²) in [4.78, 5) is 11.9. The molecular formula is C22H27F3N2O. The van der Waals surface area contributed by atoms with Gasteiger partial charge in [-0.2, -0.15) is 18.2 Å². The van der Waals surface area contributed by atoms with Crippen molar-refractivity contribution in [3.05, 3.63) is 47.5 Å². The molecule has 152 valence electrons. The lowest BCUT2D eigenvalue weighted by molar-refractivity contribution is -0.203. The summed E-state index contributed by atoms with van der Waals surface area (Å²) >= 11 is 0. The van der Waals surface area contributed by atoms with E-state index >= 15 is 0 Å². The van der Waals surface area contributed by atoms with Crippen molar-refractivity contribution in [3.63, 3.8) is 0 Å². The largest absolute Gasteiger partial charge is 0.409 e. The molecule has 1 amide bonds. The molecule has 0 aliphatic carbocycles. The monoisotopic (exact) mass is 392 g/mol. The summed E-state index contributed by atoms with van der Waals surface area (Å²) in [6.07, 6.45) is -0.726. The number of benzene rings is 2. The molecule has 0 saturated carbocycles. The van der Waals surface area contributed by atoms with Gasteiger partial charge in [0, 0.05) is 12.0 Å². The van der Waals surface area contributed by atoms with Crippen LogP contribution in [0.2, 0.25) is 0 Å². The number of fused-ring (bicyclic) bond motifs is 1. The predicted octanol–water partition coefficient (Wildman–Crippen LogP) is 5.69. The van der Waals surface area contributed by atoms with E-state index in [9.17, 15) is 18.0 Å². The second-order valence-electron chi connectivity index (χ2n) is 8.16. The van der Waals surface area contributed by atoms with Crippen molar-refractivity contribution in [2.24, 2.45) is 0 Å². The first-order chi connectivity index (χ1) is 13.1. The molecule has 3 nitrogen and oxygen atoms in total. The number of unbranched alkanes of at least 4 members (excludes halogenated alkanes) is 2. The Bertz CT molecular complexity index is 855. The minimum Gasteiger partial charge on any atom is -0.287 e. The molecule has 0 bridgehead atoms. The lowest BCUT2D eigenvalue weighted by atomic mass is 9.90. The van der Waals surface area contributed by atoms with E-state index in [0.717, 1.165) is 41.6 Å². The molecule has 1 aliphatic heterocycles. The van der Waals surface area contributed by atoms with Crippen molar-refractivity contribution in [2.75, 3.05) is 0 Å². The van der Waals surface area contributed by atoms with Crippen LogP contribution in [0.1, 0.15) is 63.6 Å². The molecule has 0 radical (unpaired) electrons. The molecule has 0 spiro atoms. The van der Waals surface area contributed by atoms with Crippen molar-refractivity contribution >= 4 is 16.7 Å². The lowest BCUT2D eigenvalue weighted by Gasteiger charge is -2.38. The fraction of sp³-hybridized carbons (Fsp3) is 0.500. The van der Waals surface area contributed by atoms with E-state index in [-0.39, 0.29) is 17.9 Å². The Morgan fingerprint density at radius 3 is 2.39 bits per heavy atom. The van der Waals surface area contributed by atoms with Crippen LogP contribution in [0.15, 0.2) is 36.4 Å². The maximum Gasteiger partial charge on any atom is 0.409 e. The second kappa shape index (κ2) is 7.74. The molecule has 0 aromatic heterocycles. The van der Waals surface area contributed by atoms with Crippen molar-refractivity contribution in [1.82, 2.24) is 10.4 Å². The highest BCUT2D eigenvalue weighted by molar-refractivity contribution is 5.89. The fourth-order valence-corrected chi connectivity index (χ4v) is 4.13. The maximum atomic E-state index is 14.3. The Kier molecular flexibility index (Phi) is 5.71. The van der Waals surface area contributed by atoms with Crippen molar-refractivity contribution in [1.29, 1.82) is 0 Å². The van der Waals surface area contributed by atoms with E-state index in [4.69, 9.17) is 0 Å². The zero-order valence-corrected chi connectivity index (χ0v) is 16.6. The van der Waals surface area contributed by atoms with Crippen LogP contribution < -0.4 is 5.43 Å². The highest BCUT2D eigenvalue weighted by Gasteiger charge is 2.53. The number of nitrogens with one attached hydrogen (secondary N) is 1. The Hall–Kier alpha value is -2.08. The number of rotatable bonds is 6. The van der Waals surface area contributed by atoms with Gasteiger partial charge in [-0.25, -0.2) is 0 Å². The molecule has 1 atom stereocenters. The molecule has 1 N–H and O–H groups in total. The van der Waals surface area contributed by atoms with Gasteiger partial charge in [-0.3, -0.25) is 10.2 Å². The number of hydrogen-bond donors (Lipinski definition) is 1. The van der Waals surface area contributed by atoms with Gasteiger partial charge in [0.2, 0.25) is 5.91 Å². The standard InChI is InChI=1S/C22H27F3N2O/c1-4-5-6-9-15-10-7-11-16-12-8-13-17(19(15)16)20(22(23,24)25)27-21(2,3)14-18(28)26-27/h7-8,10-13,20H,4-6,9,14H2,1-3H3,(H,26,28). The van der Waals surface area contributed by atoms with Crippen LogP contribution in [0.3, 0.4) is 0 Å². The van der Waals surface area contributed by atoms with Gasteiger partial charge < -0.3 is 0 Å². The molecule has 1 fully saturated rings. The summed E-state index contributed by atoms with van der Waals surface area (Å²) in [5.41, 5.74) is 2.66. The van der Waals surface area contributed by atoms with Crippen LogP contribution in [0.5, 0.6) is 0 Å². The van der Waals surface area contributed by atoms with Gasteiger partial charge in [0.05, 0.1) is 0 Å². The molecule has 2 aromatic carbocycles. The first-order valence-electron chi connectivity index (χ1n) is 9.81. The number of carbonyl (C=O) groups is 1. The number of carbonyl (C=O) groups excluding carboxylic acids is 1. The Morgan fingerprint density at radius 2 is 1.82 bits per heavy atom. The van der Waals surface area contributed by atoms with E-state index in [2.05, 4.69) is 12.3 Å².